The van der Waals surface area contributed by atoms with Crippen molar-refractivity contribution >= 4 is 5.91 Å². The lowest BCUT2D eigenvalue weighted by atomic mass is 10.0. The second-order valence-corrected chi connectivity index (χ2v) is 7.42. The van der Waals surface area contributed by atoms with E-state index in [2.05, 4.69) is 26.5 Å². The molecule has 2 heterocycles. The van der Waals surface area contributed by atoms with Gasteiger partial charge in [0.1, 0.15) is 17.3 Å². The third-order valence-electron chi connectivity index (χ3n) is 5.48. The van der Waals surface area contributed by atoms with Crippen LogP contribution in [0.2, 0.25) is 0 Å². The van der Waals surface area contributed by atoms with Gasteiger partial charge in [-0.3, -0.25) is 14.8 Å². The van der Waals surface area contributed by atoms with Crippen LogP contribution in [0.4, 0.5) is 4.39 Å². The number of hydrogen-bond acceptors (Lipinski definition) is 4. The summed E-state index contributed by atoms with van der Waals surface area (Å²) >= 11 is 0. The van der Waals surface area contributed by atoms with Gasteiger partial charge in [0.05, 0.1) is 18.8 Å². The highest BCUT2D eigenvalue weighted by atomic mass is 19.1. The van der Waals surface area contributed by atoms with E-state index in [1.54, 1.807) is 25.3 Å². The van der Waals surface area contributed by atoms with Gasteiger partial charge in [0, 0.05) is 12.1 Å². The average Bonchev–Trinajstić information content (AvgIpc) is 3.47. The number of aromatic nitrogens is 2. The highest BCUT2D eigenvalue weighted by Gasteiger charge is 2.25. The number of nitrogens with zero attached hydrogens (tertiary/aromatic N) is 2. The molecule has 0 aliphatic carbocycles. The van der Waals surface area contributed by atoms with Gasteiger partial charge in [-0.1, -0.05) is 12.1 Å². The Balaban J connectivity index is 1.46. The van der Waals surface area contributed by atoms with E-state index in [0.717, 1.165) is 42.8 Å². The van der Waals surface area contributed by atoms with E-state index in [4.69, 9.17) is 4.74 Å². The summed E-state index contributed by atoms with van der Waals surface area (Å²) in [6.45, 7) is 2.50. The van der Waals surface area contributed by atoms with Crippen molar-refractivity contribution in [1.82, 2.24) is 20.4 Å². The van der Waals surface area contributed by atoms with Gasteiger partial charge < -0.3 is 10.1 Å². The number of carbonyl (C=O) groups is 1. The molecule has 2 N–H and O–H groups in total. The van der Waals surface area contributed by atoms with Crippen molar-refractivity contribution in [2.24, 2.45) is 0 Å². The zero-order valence-electron chi connectivity index (χ0n) is 16.9. The van der Waals surface area contributed by atoms with E-state index in [1.165, 1.54) is 12.1 Å². The highest BCUT2D eigenvalue weighted by molar-refractivity contribution is 5.93. The number of amides is 1. The molecule has 7 heteroatoms. The van der Waals surface area contributed by atoms with Crippen molar-refractivity contribution in [3.63, 3.8) is 0 Å². The Bertz CT molecular complexity index is 996. The lowest BCUT2D eigenvalue weighted by molar-refractivity contribution is 0.0933. The predicted molar refractivity (Wildman–Crippen MR) is 113 cm³/mol. The number of halogens is 1. The fourth-order valence-corrected chi connectivity index (χ4v) is 3.85. The van der Waals surface area contributed by atoms with Crippen LogP contribution in [0.1, 0.15) is 34.9 Å². The van der Waals surface area contributed by atoms with Crippen molar-refractivity contribution in [2.45, 2.75) is 18.9 Å². The van der Waals surface area contributed by atoms with E-state index in [-0.39, 0.29) is 17.8 Å². The lowest BCUT2D eigenvalue weighted by Gasteiger charge is -2.28. The number of aromatic amines is 1. The van der Waals surface area contributed by atoms with Crippen LogP contribution < -0.4 is 10.1 Å². The first-order valence-corrected chi connectivity index (χ1v) is 10.1. The van der Waals surface area contributed by atoms with Gasteiger partial charge in [-0.2, -0.15) is 5.10 Å². The minimum atomic E-state index is -0.308. The van der Waals surface area contributed by atoms with Gasteiger partial charge in [-0.05, 0) is 74.0 Å². The van der Waals surface area contributed by atoms with Crippen LogP contribution in [0.15, 0.2) is 54.6 Å². The Morgan fingerprint density at radius 1 is 1.20 bits per heavy atom. The first kappa shape index (κ1) is 20.1. The average molecular weight is 408 g/mol. The molecule has 1 fully saturated rings. The SMILES string of the molecule is COc1cccc(C(CNC(=O)c2cc(-c3ccc(F)cc3)n[nH]2)N2CCCC2)c1. The van der Waals surface area contributed by atoms with Gasteiger partial charge in [-0.25, -0.2) is 4.39 Å². The van der Waals surface area contributed by atoms with Crippen LogP contribution in [-0.4, -0.2) is 47.7 Å². The molecule has 3 aromatic rings. The Morgan fingerprint density at radius 3 is 2.70 bits per heavy atom. The van der Waals surface area contributed by atoms with E-state index in [1.807, 2.05) is 18.2 Å². The molecule has 0 radical (unpaired) electrons. The van der Waals surface area contributed by atoms with Gasteiger partial charge >= 0.3 is 0 Å². The number of nitrogens with one attached hydrogen (secondary N) is 2. The summed E-state index contributed by atoms with van der Waals surface area (Å²) < 4.78 is 18.5. The molecule has 1 aliphatic heterocycles. The summed E-state index contributed by atoms with van der Waals surface area (Å²) in [4.78, 5) is 15.1. The molecule has 0 spiro atoms. The van der Waals surface area contributed by atoms with Crippen molar-refractivity contribution in [3.05, 3.63) is 71.7 Å². The first-order valence-electron chi connectivity index (χ1n) is 10.1. The standard InChI is InChI=1S/C23H25FN4O2/c1-30-19-6-4-5-17(13-19)22(28-11-2-3-12-28)15-25-23(29)21-14-20(26-27-21)16-7-9-18(24)10-8-16/h4-10,13-14,22H,2-3,11-12,15H2,1H3,(H,25,29)(H,26,27). The Morgan fingerprint density at radius 2 is 1.97 bits per heavy atom. The Hall–Kier alpha value is -3.19. The number of rotatable bonds is 7. The topological polar surface area (TPSA) is 70.2 Å². The molecule has 0 saturated carbocycles. The Kier molecular flexibility index (Phi) is 6.09. The van der Waals surface area contributed by atoms with E-state index < -0.39 is 0 Å². The van der Waals surface area contributed by atoms with Crippen molar-refractivity contribution < 1.29 is 13.9 Å². The van der Waals surface area contributed by atoms with E-state index in [0.29, 0.717) is 17.9 Å². The molecule has 4 rings (SSSR count). The minimum absolute atomic E-state index is 0.0750. The largest absolute Gasteiger partial charge is 0.497 e. The molecule has 1 amide bonds. The molecule has 2 aromatic carbocycles. The van der Waals surface area contributed by atoms with Crippen molar-refractivity contribution in [1.29, 1.82) is 0 Å². The molecule has 1 aliphatic rings. The predicted octanol–water partition coefficient (Wildman–Crippen LogP) is 3.79. The number of H-pyrrole nitrogens is 1. The molecule has 156 valence electrons. The summed E-state index contributed by atoms with van der Waals surface area (Å²) in [5.41, 5.74) is 2.84. The third-order valence-corrected chi connectivity index (χ3v) is 5.48. The monoisotopic (exact) mass is 408 g/mol. The summed E-state index contributed by atoms with van der Waals surface area (Å²) in [6.07, 6.45) is 2.33. The van der Waals surface area contributed by atoms with Crippen LogP contribution in [0.5, 0.6) is 5.75 Å². The van der Waals surface area contributed by atoms with Crippen LogP contribution >= 0.6 is 0 Å². The smallest absolute Gasteiger partial charge is 0.269 e. The molecule has 30 heavy (non-hydrogen) atoms. The lowest BCUT2D eigenvalue weighted by Crippen LogP contribution is -2.37. The molecule has 0 bridgehead atoms. The number of likely N-dealkylation sites (tertiary alicyclic amines) is 1. The van der Waals surface area contributed by atoms with Crippen LogP contribution in [-0.2, 0) is 0 Å². The molecule has 1 atom stereocenters. The van der Waals surface area contributed by atoms with Crippen molar-refractivity contribution in [3.8, 4) is 17.0 Å². The number of carbonyl (C=O) groups excluding carboxylic acids is 1. The third kappa shape index (κ3) is 4.52. The molecule has 1 aromatic heterocycles. The summed E-state index contributed by atoms with van der Waals surface area (Å²) in [6, 6.07) is 15.8. The summed E-state index contributed by atoms with van der Waals surface area (Å²) in [5, 5.41) is 10.0. The Labute approximate surface area is 175 Å². The zero-order valence-corrected chi connectivity index (χ0v) is 16.9. The van der Waals surface area contributed by atoms with Crippen molar-refractivity contribution in [2.75, 3.05) is 26.7 Å². The molecule has 6 nitrogen and oxygen atoms in total. The van der Waals surface area contributed by atoms with Crippen LogP contribution in [0.3, 0.4) is 0 Å². The first-order chi connectivity index (χ1) is 14.6. The molecule has 1 unspecified atom stereocenters. The second kappa shape index (κ2) is 9.09. The van der Waals surface area contributed by atoms with Gasteiger partial charge in [-0.15, -0.1) is 0 Å². The molecular weight excluding hydrogens is 383 g/mol. The number of benzene rings is 2. The van der Waals surface area contributed by atoms with Crippen LogP contribution in [0.25, 0.3) is 11.3 Å². The number of hydrogen-bond donors (Lipinski definition) is 2. The second-order valence-electron chi connectivity index (χ2n) is 7.42. The normalized spacial score (nSPS) is 15.1. The summed E-state index contributed by atoms with van der Waals surface area (Å²) in [7, 11) is 1.66. The number of methoxy groups -OCH3 is 1. The minimum Gasteiger partial charge on any atom is -0.497 e. The fraction of sp³-hybridized carbons (Fsp3) is 0.304. The van der Waals surface area contributed by atoms with Gasteiger partial charge in [0.25, 0.3) is 5.91 Å². The maximum absolute atomic E-state index is 13.1. The highest BCUT2D eigenvalue weighted by Crippen LogP contribution is 2.27. The maximum Gasteiger partial charge on any atom is 0.269 e. The van der Waals surface area contributed by atoms with Crippen LogP contribution in [0, 0.1) is 5.82 Å². The zero-order chi connectivity index (χ0) is 20.9. The molecular formula is C23H25FN4O2. The number of ether oxygens (including phenoxy) is 1. The van der Waals surface area contributed by atoms with Gasteiger partial charge in [0.15, 0.2) is 0 Å². The van der Waals surface area contributed by atoms with E-state index >= 15 is 0 Å². The maximum atomic E-state index is 13.1. The quantitative estimate of drug-likeness (QED) is 0.624. The van der Waals surface area contributed by atoms with E-state index in [9.17, 15) is 9.18 Å². The summed E-state index contributed by atoms with van der Waals surface area (Å²) in [5.74, 6) is 0.279. The molecule has 1 saturated heterocycles. The van der Waals surface area contributed by atoms with Gasteiger partial charge in [0.2, 0.25) is 0 Å². The fourth-order valence-electron chi connectivity index (χ4n) is 3.85.